The Morgan fingerprint density at radius 3 is 2.62 bits per heavy atom. The molecule has 0 saturated carbocycles. The zero-order valence-electron chi connectivity index (χ0n) is 10.1. The monoisotopic (exact) mass is 287 g/mol. The van der Waals surface area contributed by atoms with Gasteiger partial charge in [-0.2, -0.15) is 0 Å². The van der Waals surface area contributed by atoms with Crippen LogP contribution in [0.3, 0.4) is 0 Å². The number of methoxy groups -OCH3 is 1. The minimum atomic E-state index is -0.509. The van der Waals surface area contributed by atoms with Gasteiger partial charge in [-0.3, -0.25) is 0 Å². The van der Waals surface area contributed by atoms with Crippen molar-refractivity contribution in [2.45, 2.75) is 20.0 Å². The Balaban J connectivity index is 3.25. The van der Waals surface area contributed by atoms with E-state index >= 15 is 0 Å². The van der Waals surface area contributed by atoms with Gasteiger partial charge in [0.05, 0.1) is 17.7 Å². The molecule has 0 aromatic heterocycles. The first-order valence-electron chi connectivity index (χ1n) is 5.19. The second kappa shape index (κ2) is 5.66. The number of rotatable bonds is 4. The average molecular weight is 288 g/mol. The first kappa shape index (κ1) is 13.5. The Kier molecular flexibility index (Phi) is 4.77. The number of likely N-dealkylation sites (N-methyl/N-ethyl adjacent to an activating group) is 1. The van der Waals surface area contributed by atoms with Gasteiger partial charge in [-0.1, -0.05) is 6.07 Å². The Morgan fingerprint density at radius 2 is 2.12 bits per heavy atom. The first-order chi connectivity index (χ1) is 7.52. The van der Waals surface area contributed by atoms with Crippen molar-refractivity contribution in [2.75, 3.05) is 20.7 Å². The molecular formula is C12H18BrNO2. The number of hydrogen-bond donors (Lipinski definition) is 2. The number of hydrogen-bond acceptors (Lipinski definition) is 3. The molecule has 0 spiro atoms. The molecule has 1 rings (SSSR count). The number of aliphatic hydroxyl groups is 1. The highest BCUT2D eigenvalue weighted by molar-refractivity contribution is 9.10. The van der Waals surface area contributed by atoms with E-state index in [0.29, 0.717) is 6.54 Å². The number of halogens is 1. The molecule has 1 aromatic carbocycles. The van der Waals surface area contributed by atoms with Crippen LogP contribution in [0.25, 0.3) is 0 Å². The molecule has 0 aliphatic heterocycles. The molecule has 0 aliphatic carbocycles. The summed E-state index contributed by atoms with van der Waals surface area (Å²) in [6, 6.07) is 1.99. The van der Waals surface area contributed by atoms with Gasteiger partial charge in [0.15, 0.2) is 0 Å². The number of aliphatic hydroxyl groups excluding tert-OH is 1. The van der Waals surface area contributed by atoms with Gasteiger partial charge in [-0.05, 0) is 53.5 Å². The van der Waals surface area contributed by atoms with Gasteiger partial charge in [0.25, 0.3) is 0 Å². The van der Waals surface area contributed by atoms with E-state index in [1.165, 1.54) is 0 Å². The summed E-state index contributed by atoms with van der Waals surface area (Å²) in [5, 5.41) is 13.0. The molecule has 0 heterocycles. The maximum Gasteiger partial charge on any atom is 0.136 e. The topological polar surface area (TPSA) is 41.5 Å². The third kappa shape index (κ3) is 2.56. The smallest absolute Gasteiger partial charge is 0.136 e. The molecule has 1 aromatic rings. The zero-order chi connectivity index (χ0) is 12.3. The molecule has 3 nitrogen and oxygen atoms in total. The van der Waals surface area contributed by atoms with Crippen molar-refractivity contribution >= 4 is 15.9 Å². The quantitative estimate of drug-likeness (QED) is 0.893. The third-order valence-corrected chi connectivity index (χ3v) is 3.64. The molecule has 0 radical (unpaired) electrons. The van der Waals surface area contributed by atoms with Crippen LogP contribution in [0.2, 0.25) is 0 Å². The lowest BCUT2D eigenvalue weighted by molar-refractivity contribution is 0.176. The van der Waals surface area contributed by atoms with Crippen molar-refractivity contribution in [2.24, 2.45) is 0 Å². The van der Waals surface area contributed by atoms with E-state index in [1.54, 1.807) is 7.11 Å². The van der Waals surface area contributed by atoms with Crippen molar-refractivity contribution in [3.8, 4) is 5.75 Å². The predicted octanol–water partition coefficient (Wildman–Crippen LogP) is 2.33. The third-order valence-electron chi connectivity index (χ3n) is 2.65. The van der Waals surface area contributed by atoms with E-state index in [1.807, 2.05) is 27.0 Å². The summed E-state index contributed by atoms with van der Waals surface area (Å²) < 4.78 is 6.30. The van der Waals surface area contributed by atoms with E-state index in [2.05, 4.69) is 21.2 Å². The molecule has 16 heavy (non-hydrogen) atoms. The number of nitrogens with one attached hydrogen (secondary N) is 1. The van der Waals surface area contributed by atoms with Crippen LogP contribution in [0.5, 0.6) is 5.75 Å². The second-order valence-corrected chi connectivity index (χ2v) is 4.62. The number of benzene rings is 1. The maximum absolute atomic E-state index is 10.0. The van der Waals surface area contributed by atoms with Crippen molar-refractivity contribution in [1.82, 2.24) is 5.32 Å². The molecule has 0 saturated heterocycles. The lowest BCUT2D eigenvalue weighted by Crippen LogP contribution is -2.18. The van der Waals surface area contributed by atoms with Gasteiger partial charge in [0, 0.05) is 6.54 Å². The van der Waals surface area contributed by atoms with Crippen LogP contribution in [0.15, 0.2) is 10.5 Å². The minimum absolute atomic E-state index is 0.509. The molecule has 2 N–H and O–H groups in total. The first-order valence-corrected chi connectivity index (χ1v) is 5.98. The van der Waals surface area contributed by atoms with E-state index in [-0.39, 0.29) is 0 Å². The summed E-state index contributed by atoms with van der Waals surface area (Å²) >= 11 is 3.49. The summed E-state index contributed by atoms with van der Waals surface area (Å²) in [6.07, 6.45) is -0.509. The highest BCUT2D eigenvalue weighted by atomic mass is 79.9. The van der Waals surface area contributed by atoms with Crippen LogP contribution in [-0.4, -0.2) is 25.8 Å². The Hall–Kier alpha value is -0.580. The van der Waals surface area contributed by atoms with Crippen LogP contribution in [0, 0.1) is 13.8 Å². The van der Waals surface area contributed by atoms with Gasteiger partial charge in [0.2, 0.25) is 0 Å². The molecule has 0 aliphatic rings. The van der Waals surface area contributed by atoms with Crippen molar-refractivity contribution < 1.29 is 9.84 Å². The lowest BCUT2D eigenvalue weighted by atomic mass is 9.99. The van der Waals surface area contributed by atoms with Gasteiger partial charge in [-0.25, -0.2) is 0 Å². The van der Waals surface area contributed by atoms with Crippen LogP contribution < -0.4 is 10.1 Å². The Morgan fingerprint density at radius 1 is 1.50 bits per heavy atom. The van der Waals surface area contributed by atoms with Crippen LogP contribution in [-0.2, 0) is 0 Å². The summed E-state index contributed by atoms with van der Waals surface area (Å²) in [5.41, 5.74) is 2.95. The average Bonchev–Trinajstić information content (AvgIpc) is 2.24. The fourth-order valence-electron chi connectivity index (χ4n) is 1.77. The maximum atomic E-state index is 10.0. The van der Waals surface area contributed by atoms with E-state index < -0.39 is 6.10 Å². The van der Waals surface area contributed by atoms with Crippen LogP contribution in [0.4, 0.5) is 0 Å². The molecule has 1 unspecified atom stereocenters. The van der Waals surface area contributed by atoms with Crippen molar-refractivity contribution in [3.05, 3.63) is 27.2 Å². The Bertz CT molecular complexity index is 380. The second-order valence-electron chi connectivity index (χ2n) is 3.83. The SMILES string of the molecule is CNCC(O)c1cc(C)c(Br)c(OC)c1C. The summed E-state index contributed by atoms with van der Waals surface area (Å²) in [7, 11) is 3.46. The molecule has 90 valence electrons. The molecule has 0 fully saturated rings. The summed E-state index contributed by atoms with van der Waals surface area (Å²) in [4.78, 5) is 0. The zero-order valence-corrected chi connectivity index (χ0v) is 11.7. The van der Waals surface area contributed by atoms with E-state index in [0.717, 1.165) is 26.9 Å². The Labute approximate surface area is 105 Å². The van der Waals surface area contributed by atoms with E-state index in [9.17, 15) is 5.11 Å². The largest absolute Gasteiger partial charge is 0.495 e. The molecular weight excluding hydrogens is 270 g/mol. The van der Waals surface area contributed by atoms with Gasteiger partial charge < -0.3 is 15.2 Å². The summed E-state index contributed by atoms with van der Waals surface area (Å²) in [6.45, 7) is 4.48. The minimum Gasteiger partial charge on any atom is -0.495 e. The van der Waals surface area contributed by atoms with Crippen molar-refractivity contribution in [3.63, 3.8) is 0 Å². The normalized spacial score (nSPS) is 12.6. The van der Waals surface area contributed by atoms with Crippen molar-refractivity contribution in [1.29, 1.82) is 0 Å². The fraction of sp³-hybridized carbons (Fsp3) is 0.500. The standard InChI is InChI=1S/C12H18BrNO2/c1-7-5-9(10(15)6-14-3)8(2)12(16-4)11(7)13/h5,10,14-15H,6H2,1-4H3. The predicted molar refractivity (Wildman–Crippen MR) is 69.1 cm³/mol. The van der Waals surface area contributed by atoms with E-state index in [4.69, 9.17) is 4.74 Å². The van der Waals surface area contributed by atoms with Gasteiger partial charge in [-0.15, -0.1) is 0 Å². The number of aryl methyl sites for hydroxylation is 1. The van der Waals surface area contributed by atoms with Gasteiger partial charge >= 0.3 is 0 Å². The van der Waals surface area contributed by atoms with Crippen LogP contribution in [0.1, 0.15) is 22.8 Å². The molecule has 4 heteroatoms. The van der Waals surface area contributed by atoms with Gasteiger partial charge in [0.1, 0.15) is 5.75 Å². The highest BCUT2D eigenvalue weighted by Crippen LogP contribution is 2.36. The van der Waals surface area contributed by atoms with Crippen LogP contribution >= 0.6 is 15.9 Å². The fourth-order valence-corrected chi connectivity index (χ4v) is 2.35. The molecule has 0 amide bonds. The highest BCUT2D eigenvalue weighted by Gasteiger charge is 2.16. The lowest BCUT2D eigenvalue weighted by Gasteiger charge is -2.18. The number of ether oxygens (including phenoxy) is 1. The molecule has 1 atom stereocenters. The summed E-state index contributed by atoms with van der Waals surface area (Å²) in [5.74, 6) is 0.796. The molecule has 0 bridgehead atoms.